The van der Waals surface area contributed by atoms with Crippen molar-refractivity contribution in [1.82, 2.24) is 0 Å². The summed E-state index contributed by atoms with van der Waals surface area (Å²) in [6, 6.07) is 11.7. The van der Waals surface area contributed by atoms with Gasteiger partial charge in [-0.05, 0) is 37.1 Å². The summed E-state index contributed by atoms with van der Waals surface area (Å²) in [6.07, 6.45) is 0. The first-order valence-electron chi connectivity index (χ1n) is 7.89. The SMILES string of the molecule is COC(=O)c1ccccc1N1C(=O)N(c2c(C)cccc2C)C(=N)C1=S. The number of hydrogen-bond acceptors (Lipinski definition) is 5. The molecule has 1 aliphatic rings. The smallest absolute Gasteiger partial charge is 0.340 e. The normalized spacial score (nSPS) is 14.2. The molecule has 1 aliphatic heterocycles. The molecule has 0 unspecified atom stereocenters. The van der Waals surface area contributed by atoms with Gasteiger partial charge < -0.3 is 4.74 Å². The van der Waals surface area contributed by atoms with Gasteiger partial charge in [0, 0.05) is 0 Å². The number of para-hydroxylation sites is 2. The van der Waals surface area contributed by atoms with E-state index in [9.17, 15) is 9.59 Å². The van der Waals surface area contributed by atoms with E-state index in [-0.39, 0.29) is 16.4 Å². The number of ether oxygens (including phenoxy) is 1. The lowest BCUT2D eigenvalue weighted by Gasteiger charge is -2.21. The average Bonchev–Trinajstić information content (AvgIpc) is 2.84. The fourth-order valence-electron chi connectivity index (χ4n) is 3.01. The minimum atomic E-state index is -0.576. The Morgan fingerprint density at radius 2 is 1.65 bits per heavy atom. The van der Waals surface area contributed by atoms with E-state index in [0.29, 0.717) is 11.4 Å². The van der Waals surface area contributed by atoms with E-state index in [1.807, 2.05) is 32.0 Å². The van der Waals surface area contributed by atoms with Crippen molar-refractivity contribution in [2.24, 2.45) is 0 Å². The molecule has 2 amide bonds. The zero-order valence-corrected chi connectivity index (χ0v) is 15.4. The molecule has 0 aliphatic carbocycles. The summed E-state index contributed by atoms with van der Waals surface area (Å²) >= 11 is 5.36. The molecule has 0 saturated carbocycles. The first-order chi connectivity index (χ1) is 12.4. The van der Waals surface area contributed by atoms with Crippen LogP contribution in [0, 0.1) is 19.3 Å². The average molecular weight is 367 g/mol. The summed E-state index contributed by atoms with van der Waals surface area (Å²) in [5.74, 6) is -0.671. The van der Waals surface area contributed by atoms with Crippen molar-refractivity contribution in [3.8, 4) is 0 Å². The van der Waals surface area contributed by atoms with Gasteiger partial charge in [-0.25, -0.2) is 19.4 Å². The number of amides is 2. The quantitative estimate of drug-likeness (QED) is 0.661. The number of amidine groups is 1. The van der Waals surface area contributed by atoms with Crippen LogP contribution in [-0.2, 0) is 4.74 Å². The number of nitrogens with one attached hydrogen (secondary N) is 1. The summed E-state index contributed by atoms with van der Waals surface area (Å²) in [7, 11) is 1.27. The molecule has 0 radical (unpaired) electrons. The number of anilines is 2. The maximum absolute atomic E-state index is 13.2. The van der Waals surface area contributed by atoms with Crippen LogP contribution in [0.5, 0.6) is 0 Å². The summed E-state index contributed by atoms with van der Waals surface area (Å²) in [4.78, 5) is 27.8. The van der Waals surface area contributed by atoms with Gasteiger partial charge in [0.15, 0.2) is 10.8 Å². The predicted molar refractivity (Wildman–Crippen MR) is 104 cm³/mol. The highest BCUT2D eigenvalue weighted by Gasteiger charge is 2.42. The number of methoxy groups -OCH3 is 1. The molecule has 2 aromatic carbocycles. The molecule has 26 heavy (non-hydrogen) atoms. The minimum absolute atomic E-state index is 0.0361. The molecular formula is C19H17N3O3S. The van der Waals surface area contributed by atoms with E-state index in [2.05, 4.69) is 0 Å². The zero-order chi connectivity index (χ0) is 19.0. The van der Waals surface area contributed by atoms with E-state index >= 15 is 0 Å². The van der Waals surface area contributed by atoms with Gasteiger partial charge in [-0.1, -0.05) is 42.5 Å². The van der Waals surface area contributed by atoms with Gasteiger partial charge in [-0.3, -0.25) is 5.41 Å². The first kappa shape index (κ1) is 17.8. The lowest BCUT2D eigenvalue weighted by Crippen LogP contribution is -2.34. The molecule has 6 nitrogen and oxygen atoms in total. The van der Waals surface area contributed by atoms with Gasteiger partial charge in [-0.2, -0.15) is 0 Å². The number of hydrogen-bond donors (Lipinski definition) is 1. The maximum atomic E-state index is 13.2. The molecule has 2 aromatic rings. The zero-order valence-electron chi connectivity index (χ0n) is 14.6. The number of benzene rings is 2. The summed E-state index contributed by atoms with van der Waals surface area (Å²) in [5.41, 5.74) is 2.85. The standard InChI is InChI=1S/C19H17N3O3S/c1-11-7-6-8-12(2)15(11)22-16(20)17(26)21(19(22)24)14-10-5-4-9-13(14)18(23)25-3/h4-10,20H,1-3H3. The van der Waals surface area contributed by atoms with Gasteiger partial charge in [-0.15, -0.1) is 0 Å². The third-order valence-corrected chi connectivity index (χ3v) is 4.60. The molecule has 0 bridgehead atoms. The van der Waals surface area contributed by atoms with E-state index in [0.717, 1.165) is 11.1 Å². The number of carbonyl (C=O) groups excluding carboxylic acids is 2. The van der Waals surface area contributed by atoms with Crippen molar-refractivity contribution in [2.75, 3.05) is 16.9 Å². The maximum Gasteiger partial charge on any atom is 0.340 e. The largest absolute Gasteiger partial charge is 0.465 e. The van der Waals surface area contributed by atoms with E-state index in [4.69, 9.17) is 22.4 Å². The number of urea groups is 1. The van der Waals surface area contributed by atoms with Gasteiger partial charge in [0.05, 0.1) is 24.0 Å². The lowest BCUT2D eigenvalue weighted by molar-refractivity contribution is 0.0601. The highest BCUT2D eigenvalue weighted by molar-refractivity contribution is 7.82. The second-order valence-corrected chi connectivity index (χ2v) is 6.24. The number of nitrogens with zero attached hydrogens (tertiary/aromatic N) is 2. The van der Waals surface area contributed by atoms with E-state index in [1.165, 1.54) is 16.9 Å². The van der Waals surface area contributed by atoms with Gasteiger partial charge in [0.2, 0.25) is 0 Å². The number of esters is 1. The molecule has 0 aromatic heterocycles. The van der Waals surface area contributed by atoms with Crippen LogP contribution >= 0.6 is 12.2 Å². The molecule has 0 spiro atoms. The number of carbonyl (C=O) groups is 2. The Bertz CT molecular complexity index is 935. The van der Waals surface area contributed by atoms with Crippen LogP contribution in [0.4, 0.5) is 16.2 Å². The Kier molecular flexibility index (Phi) is 4.56. The summed E-state index contributed by atoms with van der Waals surface area (Å²) in [5, 5.41) is 8.38. The molecule has 3 rings (SSSR count). The van der Waals surface area contributed by atoms with Crippen LogP contribution in [0.25, 0.3) is 0 Å². The van der Waals surface area contributed by atoms with Crippen molar-refractivity contribution in [1.29, 1.82) is 5.41 Å². The molecular weight excluding hydrogens is 350 g/mol. The van der Waals surface area contributed by atoms with Crippen LogP contribution in [0.1, 0.15) is 21.5 Å². The van der Waals surface area contributed by atoms with Gasteiger partial charge in [0.1, 0.15) is 0 Å². The Morgan fingerprint density at radius 3 is 2.27 bits per heavy atom. The van der Waals surface area contributed by atoms with Crippen LogP contribution in [0.15, 0.2) is 42.5 Å². The lowest BCUT2D eigenvalue weighted by atomic mass is 10.1. The second kappa shape index (κ2) is 6.68. The van der Waals surface area contributed by atoms with Crippen molar-refractivity contribution in [3.05, 3.63) is 59.2 Å². The molecule has 1 N–H and O–H groups in total. The molecule has 1 saturated heterocycles. The molecule has 1 heterocycles. The third-order valence-electron chi connectivity index (χ3n) is 4.23. The monoisotopic (exact) mass is 367 g/mol. The van der Waals surface area contributed by atoms with E-state index < -0.39 is 12.0 Å². The van der Waals surface area contributed by atoms with E-state index in [1.54, 1.807) is 24.3 Å². The number of aryl methyl sites for hydroxylation is 2. The Labute approximate surface area is 156 Å². The van der Waals surface area contributed by atoms with Crippen molar-refractivity contribution < 1.29 is 14.3 Å². The third kappa shape index (κ3) is 2.66. The minimum Gasteiger partial charge on any atom is -0.465 e. The van der Waals surface area contributed by atoms with Crippen molar-refractivity contribution >= 4 is 46.4 Å². The molecule has 7 heteroatoms. The number of thiocarbonyl (C=S) groups is 1. The van der Waals surface area contributed by atoms with Crippen LogP contribution in [0.2, 0.25) is 0 Å². The van der Waals surface area contributed by atoms with Crippen molar-refractivity contribution in [2.45, 2.75) is 13.8 Å². The van der Waals surface area contributed by atoms with Crippen LogP contribution < -0.4 is 9.80 Å². The topological polar surface area (TPSA) is 73.7 Å². The van der Waals surface area contributed by atoms with Crippen LogP contribution in [0.3, 0.4) is 0 Å². The number of rotatable bonds is 3. The molecule has 1 fully saturated rings. The van der Waals surface area contributed by atoms with Gasteiger partial charge in [0.25, 0.3) is 0 Å². The van der Waals surface area contributed by atoms with Crippen LogP contribution in [-0.4, -0.2) is 29.9 Å². The highest BCUT2D eigenvalue weighted by atomic mass is 32.1. The summed E-state index contributed by atoms with van der Waals surface area (Å²) < 4.78 is 4.80. The Morgan fingerprint density at radius 1 is 1.04 bits per heavy atom. The molecule has 132 valence electrons. The predicted octanol–water partition coefficient (Wildman–Crippen LogP) is 3.84. The fraction of sp³-hybridized carbons (Fsp3) is 0.158. The first-order valence-corrected chi connectivity index (χ1v) is 8.30. The second-order valence-electron chi connectivity index (χ2n) is 5.86. The fourth-order valence-corrected chi connectivity index (χ4v) is 3.28. The molecule has 0 atom stereocenters. The van der Waals surface area contributed by atoms with Crippen molar-refractivity contribution in [3.63, 3.8) is 0 Å². The highest BCUT2D eigenvalue weighted by Crippen LogP contribution is 2.33. The Balaban J connectivity index is 2.14. The Hall–Kier alpha value is -3.06. The summed E-state index contributed by atoms with van der Waals surface area (Å²) in [6.45, 7) is 3.74. The van der Waals surface area contributed by atoms with Gasteiger partial charge >= 0.3 is 12.0 Å².